The van der Waals surface area contributed by atoms with Crippen molar-refractivity contribution in [2.24, 2.45) is 0 Å². The maximum atomic E-state index is 11.9. The van der Waals surface area contributed by atoms with Gasteiger partial charge in [-0.15, -0.1) is 0 Å². The van der Waals surface area contributed by atoms with Gasteiger partial charge in [-0.1, -0.05) is 48.0 Å². The molecular formula is C20H24ClNO2. The number of para-hydroxylation sites is 1. The van der Waals surface area contributed by atoms with Crippen molar-refractivity contribution in [2.45, 2.75) is 32.6 Å². The van der Waals surface area contributed by atoms with E-state index in [1.54, 1.807) is 0 Å². The molecule has 0 aromatic heterocycles. The number of benzene rings is 2. The molecule has 0 aliphatic rings. The highest BCUT2D eigenvalue weighted by atomic mass is 35.5. The standard InChI is InChI=1S/C20H24ClNO2/c1-2-24-19-12-6-4-9-17(19)10-7-15-22-20(23)14-13-16-8-3-5-11-18(16)21/h3-6,8-9,11-12H,2,7,10,13-15H2,1H3,(H,22,23). The van der Waals surface area contributed by atoms with Gasteiger partial charge in [0.25, 0.3) is 0 Å². The highest BCUT2D eigenvalue weighted by Crippen LogP contribution is 2.19. The van der Waals surface area contributed by atoms with Gasteiger partial charge in [-0.3, -0.25) is 4.79 Å². The molecule has 1 N–H and O–H groups in total. The molecular weight excluding hydrogens is 322 g/mol. The Kier molecular flexibility index (Phi) is 7.63. The van der Waals surface area contributed by atoms with E-state index in [0.29, 0.717) is 26.0 Å². The first-order chi connectivity index (χ1) is 11.7. The highest BCUT2D eigenvalue weighted by molar-refractivity contribution is 6.31. The van der Waals surface area contributed by atoms with Crippen LogP contribution in [0.25, 0.3) is 0 Å². The summed E-state index contributed by atoms with van der Waals surface area (Å²) in [5.74, 6) is 0.998. The Hall–Kier alpha value is -2.00. The van der Waals surface area contributed by atoms with Crippen LogP contribution in [0, 0.1) is 0 Å². The first kappa shape index (κ1) is 18.3. The van der Waals surface area contributed by atoms with Crippen molar-refractivity contribution in [3.05, 3.63) is 64.7 Å². The molecule has 0 bridgehead atoms. The lowest BCUT2D eigenvalue weighted by molar-refractivity contribution is -0.121. The summed E-state index contributed by atoms with van der Waals surface area (Å²) in [6, 6.07) is 15.7. The van der Waals surface area contributed by atoms with E-state index in [0.717, 1.165) is 29.2 Å². The van der Waals surface area contributed by atoms with Crippen molar-refractivity contribution in [3.8, 4) is 5.75 Å². The number of carbonyl (C=O) groups excluding carboxylic acids is 1. The average molecular weight is 346 g/mol. The summed E-state index contributed by atoms with van der Waals surface area (Å²) in [5, 5.41) is 3.69. The van der Waals surface area contributed by atoms with Gasteiger partial charge in [0.15, 0.2) is 0 Å². The van der Waals surface area contributed by atoms with Crippen molar-refractivity contribution in [3.63, 3.8) is 0 Å². The molecule has 0 aliphatic carbocycles. The fraction of sp³-hybridized carbons (Fsp3) is 0.350. The van der Waals surface area contributed by atoms with Crippen LogP contribution in [0.3, 0.4) is 0 Å². The van der Waals surface area contributed by atoms with Crippen LogP contribution in [-0.4, -0.2) is 19.1 Å². The molecule has 0 heterocycles. The number of nitrogens with one attached hydrogen (secondary N) is 1. The Morgan fingerprint density at radius 3 is 2.50 bits per heavy atom. The van der Waals surface area contributed by atoms with Crippen LogP contribution in [-0.2, 0) is 17.6 Å². The van der Waals surface area contributed by atoms with Gasteiger partial charge in [-0.2, -0.15) is 0 Å². The Balaban J connectivity index is 1.69. The third kappa shape index (κ3) is 5.89. The zero-order chi connectivity index (χ0) is 17.2. The van der Waals surface area contributed by atoms with Gasteiger partial charge < -0.3 is 10.1 Å². The van der Waals surface area contributed by atoms with Crippen LogP contribution < -0.4 is 10.1 Å². The number of ether oxygens (including phenoxy) is 1. The summed E-state index contributed by atoms with van der Waals surface area (Å²) >= 11 is 6.10. The molecule has 0 saturated carbocycles. The van der Waals surface area contributed by atoms with Gasteiger partial charge >= 0.3 is 0 Å². The summed E-state index contributed by atoms with van der Waals surface area (Å²) in [4.78, 5) is 11.9. The second-order valence-electron chi connectivity index (χ2n) is 5.59. The lowest BCUT2D eigenvalue weighted by Gasteiger charge is -2.10. The lowest BCUT2D eigenvalue weighted by atomic mass is 10.1. The van der Waals surface area contributed by atoms with Crippen molar-refractivity contribution in [1.29, 1.82) is 0 Å². The van der Waals surface area contributed by atoms with Crippen LogP contribution in [0.5, 0.6) is 5.75 Å². The molecule has 128 valence electrons. The highest BCUT2D eigenvalue weighted by Gasteiger charge is 2.05. The van der Waals surface area contributed by atoms with E-state index in [2.05, 4.69) is 11.4 Å². The topological polar surface area (TPSA) is 38.3 Å². The van der Waals surface area contributed by atoms with Crippen molar-refractivity contribution < 1.29 is 9.53 Å². The number of rotatable bonds is 9. The van der Waals surface area contributed by atoms with Crippen molar-refractivity contribution in [1.82, 2.24) is 5.32 Å². The molecule has 1 amide bonds. The minimum atomic E-state index is 0.0630. The minimum Gasteiger partial charge on any atom is -0.494 e. The zero-order valence-electron chi connectivity index (χ0n) is 14.1. The summed E-state index contributed by atoms with van der Waals surface area (Å²) in [6.45, 7) is 3.31. The molecule has 3 nitrogen and oxygen atoms in total. The van der Waals surface area contributed by atoms with E-state index in [1.807, 2.05) is 49.4 Å². The molecule has 4 heteroatoms. The molecule has 0 unspecified atom stereocenters. The molecule has 24 heavy (non-hydrogen) atoms. The van der Waals surface area contributed by atoms with Crippen LogP contribution in [0.1, 0.15) is 30.9 Å². The fourth-order valence-electron chi connectivity index (χ4n) is 2.55. The summed E-state index contributed by atoms with van der Waals surface area (Å²) < 4.78 is 5.61. The Morgan fingerprint density at radius 2 is 1.75 bits per heavy atom. The molecule has 0 atom stereocenters. The van der Waals surface area contributed by atoms with Gasteiger partial charge in [0.05, 0.1) is 6.61 Å². The smallest absolute Gasteiger partial charge is 0.220 e. The van der Waals surface area contributed by atoms with Gasteiger partial charge in [0.1, 0.15) is 5.75 Å². The number of halogens is 1. The van der Waals surface area contributed by atoms with Gasteiger partial charge in [-0.25, -0.2) is 0 Å². The lowest BCUT2D eigenvalue weighted by Crippen LogP contribution is -2.25. The second-order valence-corrected chi connectivity index (χ2v) is 5.99. The summed E-state index contributed by atoms with van der Waals surface area (Å²) in [7, 11) is 0. The van der Waals surface area contributed by atoms with Crippen LogP contribution >= 0.6 is 11.6 Å². The quantitative estimate of drug-likeness (QED) is 0.683. The van der Waals surface area contributed by atoms with E-state index in [4.69, 9.17) is 16.3 Å². The third-order valence-corrected chi connectivity index (χ3v) is 4.17. The number of hydrogen-bond donors (Lipinski definition) is 1. The molecule has 0 aliphatic heterocycles. The van der Waals surface area contributed by atoms with E-state index >= 15 is 0 Å². The van der Waals surface area contributed by atoms with Gasteiger partial charge in [-0.05, 0) is 49.4 Å². The Morgan fingerprint density at radius 1 is 1.04 bits per heavy atom. The monoisotopic (exact) mass is 345 g/mol. The Bertz CT molecular complexity index is 658. The molecule has 2 aromatic carbocycles. The number of hydrogen-bond acceptors (Lipinski definition) is 2. The first-order valence-electron chi connectivity index (χ1n) is 8.41. The average Bonchev–Trinajstić information content (AvgIpc) is 2.59. The van der Waals surface area contributed by atoms with E-state index in [1.165, 1.54) is 5.56 Å². The molecule has 2 aromatic rings. The number of amides is 1. The largest absolute Gasteiger partial charge is 0.494 e. The first-order valence-corrected chi connectivity index (χ1v) is 8.79. The van der Waals surface area contributed by atoms with Crippen LogP contribution in [0.4, 0.5) is 0 Å². The van der Waals surface area contributed by atoms with E-state index in [9.17, 15) is 4.79 Å². The third-order valence-electron chi connectivity index (χ3n) is 3.80. The SMILES string of the molecule is CCOc1ccccc1CCCNC(=O)CCc1ccccc1Cl. The fourth-order valence-corrected chi connectivity index (χ4v) is 2.78. The van der Waals surface area contributed by atoms with Gasteiger partial charge in [0, 0.05) is 18.0 Å². The van der Waals surface area contributed by atoms with E-state index < -0.39 is 0 Å². The van der Waals surface area contributed by atoms with E-state index in [-0.39, 0.29) is 5.91 Å². The molecule has 0 radical (unpaired) electrons. The maximum Gasteiger partial charge on any atom is 0.220 e. The van der Waals surface area contributed by atoms with Crippen LogP contribution in [0.2, 0.25) is 5.02 Å². The number of aryl methyl sites for hydroxylation is 2. The van der Waals surface area contributed by atoms with Gasteiger partial charge in [0.2, 0.25) is 5.91 Å². The molecule has 0 fully saturated rings. The molecule has 0 saturated heterocycles. The predicted octanol–water partition coefficient (Wildman–Crippen LogP) is 4.42. The summed E-state index contributed by atoms with van der Waals surface area (Å²) in [6.07, 6.45) is 2.90. The predicted molar refractivity (Wildman–Crippen MR) is 98.7 cm³/mol. The van der Waals surface area contributed by atoms with Crippen molar-refractivity contribution in [2.75, 3.05) is 13.2 Å². The van der Waals surface area contributed by atoms with Crippen molar-refractivity contribution >= 4 is 17.5 Å². The Labute approximate surface area is 149 Å². The zero-order valence-corrected chi connectivity index (χ0v) is 14.8. The maximum absolute atomic E-state index is 11.9. The van der Waals surface area contributed by atoms with Crippen LogP contribution in [0.15, 0.2) is 48.5 Å². The second kappa shape index (κ2) is 9.99. The molecule has 2 rings (SSSR count). The normalized spacial score (nSPS) is 10.4. The minimum absolute atomic E-state index is 0.0630. The molecule has 0 spiro atoms. The number of carbonyl (C=O) groups is 1. The summed E-state index contributed by atoms with van der Waals surface area (Å²) in [5.41, 5.74) is 2.20.